The molecule has 5 nitrogen and oxygen atoms in total. The minimum Gasteiger partial charge on any atom is -0.480 e. The number of rotatable bonds is 5. The van der Waals surface area contributed by atoms with Gasteiger partial charge < -0.3 is 15.2 Å². The second kappa shape index (κ2) is 7.45. The second-order valence-electron chi connectivity index (χ2n) is 4.49. The monoisotopic (exact) mass is 340 g/mol. The molecule has 0 spiro atoms. The smallest absolute Gasteiger partial charge is 0.256 e. The first kappa shape index (κ1) is 16.5. The summed E-state index contributed by atoms with van der Waals surface area (Å²) in [4.78, 5) is 16.0. The third-order valence-corrected chi connectivity index (χ3v) is 3.37. The Morgan fingerprint density at radius 1 is 1.36 bits per heavy atom. The highest BCUT2D eigenvalue weighted by Crippen LogP contribution is 2.23. The number of ether oxygens (including phenoxy) is 1. The van der Waals surface area contributed by atoms with Gasteiger partial charge in [-0.3, -0.25) is 4.79 Å². The summed E-state index contributed by atoms with van der Waals surface area (Å²) in [6.45, 7) is 0.00749. The van der Waals surface area contributed by atoms with Gasteiger partial charge in [-0.25, -0.2) is 4.98 Å². The van der Waals surface area contributed by atoms with Crippen molar-refractivity contribution in [3.8, 4) is 5.88 Å². The molecule has 2 N–H and O–H groups in total. The van der Waals surface area contributed by atoms with Crippen molar-refractivity contribution in [1.29, 1.82) is 0 Å². The van der Waals surface area contributed by atoms with E-state index in [0.29, 0.717) is 21.2 Å². The number of carbonyl (C=O) groups excluding carboxylic acids is 1. The number of nitrogens with zero attached hydrogens (tertiary/aromatic N) is 1. The van der Waals surface area contributed by atoms with Crippen LogP contribution in [0.3, 0.4) is 0 Å². The highest BCUT2D eigenvalue weighted by molar-refractivity contribution is 6.34. The lowest BCUT2D eigenvalue weighted by Gasteiger charge is -2.14. The van der Waals surface area contributed by atoms with Crippen LogP contribution in [0.15, 0.2) is 36.5 Å². The van der Waals surface area contributed by atoms with Gasteiger partial charge >= 0.3 is 0 Å². The summed E-state index contributed by atoms with van der Waals surface area (Å²) in [6.07, 6.45) is 0.598. The second-order valence-corrected chi connectivity index (χ2v) is 5.36. The van der Waals surface area contributed by atoms with Crippen LogP contribution in [0.25, 0.3) is 0 Å². The Morgan fingerprint density at radius 3 is 2.68 bits per heavy atom. The number of aliphatic hydroxyl groups is 1. The van der Waals surface area contributed by atoms with Crippen LogP contribution in [-0.2, 0) is 0 Å². The number of halogens is 2. The molecule has 0 aliphatic rings. The number of nitrogens with one attached hydrogen (secondary N) is 1. The molecule has 0 aliphatic carbocycles. The van der Waals surface area contributed by atoms with Gasteiger partial charge in [-0.1, -0.05) is 23.2 Å². The van der Waals surface area contributed by atoms with Gasteiger partial charge in [-0.15, -0.1) is 0 Å². The largest absolute Gasteiger partial charge is 0.480 e. The highest BCUT2D eigenvalue weighted by Gasteiger charge is 2.15. The fourth-order valence-corrected chi connectivity index (χ4v) is 2.44. The van der Waals surface area contributed by atoms with E-state index in [9.17, 15) is 9.90 Å². The molecule has 116 valence electrons. The van der Waals surface area contributed by atoms with E-state index < -0.39 is 12.0 Å². The molecule has 7 heteroatoms. The first-order chi connectivity index (χ1) is 10.5. The van der Waals surface area contributed by atoms with Gasteiger partial charge in [0.25, 0.3) is 5.91 Å². The third-order valence-electron chi connectivity index (χ3n) is 2.93. The maximum atomic E-state index is 12.1. The lowest BCUT2D eigenvalue weighted by atomic mass is 10.1. The summed E-state index contributed by atoms with van der Waals surface area (Å²) in [5.74, 6) is -0.169. The third kappa shape index (κ3) is 4.10. The molecule has 0 radical (unpaired) electrons. The zero-order valence-electron chi connectivity index (χ0n) is 11.7. The predicted octanol–water partition coefficient (Wildman–Crippen LogP) is 2.86. The number of benzene rings is 1. The predicted molar refractivity (Wildman–Crippen MR) is 84.5 cm³/mol. The number of methoxy groups -OCH3 is 1. The van der Waals surface area contributed by atoms with Crippen molar-refractivity contribution in [1.82, 2.24) is 10.3 Å². The summed E-state index contributed by atoms with van der Waals surface area (Å²) in [7, 11) is 1.43. The van der Waals surface area contributed by atoms with Crippen LogP contribution in [0.4, 0.5) is 0 Å². The molecule has 1 amide bonds. The van der Waals surface area contributed by atoms with E-state index in [4.69, 9.17) is 27.9 Å². The number of hydrogen-bond acceptors (Lipinski definition) is 4. The number of aliphatic hydroxyl groups excluding tert-OH is 1. The Kier molecular flexibility index (Phi) is 5.60. The molecule has 1 aromatic heterocycles. The Morgan fingerprint density at radius 2 is 2.05 bits per heavy atom. The molecule has 1 heterocycles. The number of aromatic nitrogens is 1. The van der Waals surface area contributed by atoms with E-state index in [1.165, 1.54) is 13.3 Å². The first-order valence-electron chi connectivity index (χ1n) is 6.42. The van der Waals surface area contributed by atoms with Crippen LogP contribution in [0.1, 0.15) is 22.0 Å². The SMILES string of the molecule is COc1ncccc1C(=O)NCC(O)c1cc(Cl)cc(Cl)c1. The van der Waals surface area contributed by atoms with Crippen molar-refractivity contribution in [2.45, 2.75) is 6.10 Å². The summed E-state index contributed by atoms with van der Waals surface area (Å²) >= 11 is 11.8. The normalized spacial score (nSPS) is 11.8. The number of carbonyl (C=O) groups is 1. The van der Waals surface area contributed by atoms with Crippen molar-refractivity contribution >= 4 is 29.1 Å². The van der Waals surface area contributed by atoms with Gasteiger partial charge in [0.15, 0.2) is 0 Å². The van der Waals surface area contributed by atoms with Crippen LogP contribution >= 0.6 is 23.2 Å². The zero-order chi connectivity index (χ0) is 16.1. The molecule has 2 rings (SSSR count). The molecular formula is C15H14Cl2N2O3. The molecule has 0 aliphatic heterocycles. The van der Waals surface area contributed by atoms with Crippen molar-refractivity contribution in [2.24, 2.45) is 0 Å². The van der Waals surface area contributed by atoms with E-state index in [1.54, 1.807) is 30.3 Å². The highest BCUT2D eigenvalue weighted by atomic mass is 35.5. The van der Waals surface area contributed by atoms with Crippen molar-refractivity contribution in [3.63, 3.8) is 0 Å². The lowest BCUT2D eigenvalue weighted by Crippen LogP contribution is -2.28. The zero-order valence-corrected chi connectivity index (χ0v) is 13.2. The van der Waals surface area contributed by atoms with E-state index in [0.717, 1.165) is 0 Å². The maximum absolute atomic E-state index is 12.1. The van der Waals surface area contributed by atoms with Crippen LogP contribution in [0, 0.1) is 0 Å². The standard InChI is InChI=1S/C15H14Cl2N2O3/c1-22-15-12(3-2-4-18-15)14(21)19-8-13(20)9-5-10(16)7-11(17)6-9/h2-7,13,20H,8H2,1H3,(H,19,21). The lowest BCUT2D eigenvalue weighted by molar-refractivity contribution is 0.0912. The molecule has 0 saturated carbocycles. The van der Waals surface area contributed by atoms with Gasteiger partial charge in [0.2, 0.25) is 5.88 Å². The van der Waals surface area contributed by atoms with E-state index in [1.807, 2.05) is 0 Å². The van der Waals surface area contributed by atoms with Gasteiger partial charge in [-0.2, -0.15) is 0 Å². The molecule has 0 fully saturated rings. The number of amides is 1. The average molecular weight is 341 g/mol. The Bertz CT molecular complexity index is 659. The van der Waals surface area contributed by atoms with E-state index in [2.05, 4.69) is 10.3 Å². The molecule has 0 bridgehead atoms. The fourth-order valence-electron chi connectivity index (χ4n) is 1.90. The Labute approximate surface area is 137 Å². The molecule has 0 saturated heterocycles. The summed E-state index contributed by atoms with van der Waals surface area (Å²) in [5, 5.41) is 13.6. The number of pyridine rings is 1. The van der Waals surface area contributed by atoms with Gasteiger partial charge in [0.1, 0.15) is 5.56 Å². The van der Waals surface area contributed by atoms with Crippen molar-refractivity contribution < 1.29 is 14.6 Å². The first-order valence-corrected chi connectivity index (χ1v) is 7.18. The maximum Gasteiger partial charge on any atom is 0.256 e. The minimum atomic E-state index is -0.928. The molecule has 1 unspecified atom stereocenters. The van der Waals surface area contributed by atoms with Gasteiger partial charge in [0.05, 0.1) is 13.2 Å². The Hall–Kier alpha value is -1.82. The quantitative estimate of drug-likeness (QED) is 0.877. The molecule has 22 heavy (non-hydrogen) atoms. The molecular weight excluding hydrogens is 327 g/mol. The molecule has 2 aromatic rings. The number of hydrogen-bond donors (Lipinski definition) is 2. The van der Waals surface area contributed by atoms with Crippen molar-refractivity contribution in [2.75, 3.05) is 13.7 Å². The van der Waals surface area contributed by atoms with Crippen LogP contribution in [0.2, 0.25) is 10.0 Å². The summed E-state index contributed by atoms with van der Waals surface area (Å²) in [6, 6.07) is 7.97. The molecule has 1 aromatic carbocycles. The van der Waals surface area contributed by atoms with Gasteiger partial charge in [-0.05, 0) is 35.9 Å². The Balaban J connectivity index is 2.04. The summed E-state index contributed by atoms with van der Waals surface area (Å²) < 4.78 is 5.02. The van der Waals surface area contributed by atoms with E-state index in [-0.39, 0.29) is 12.4 Å². The summed E-state index contributed by atoms with van der Waals surface area (Å²) in [5.41, 5.74) is 0.817. The minimum absolute atomic E-state index is 0.00749. The average Bonchev–Trinajstić information content (AvgIpc) is 2.51. The van der Waals surface area contributed by atoms with Crippen LogP contribution in [-0.4, -0.2) is 29.7 Å². The molecule has 1 atom stereocenters. The topological polar surface area (TPSA) is 71.5 Å². The van der Waals surface area contributed by atoms with Gasteiger partial charge in [0, 0.05) is 22.8 Å². The fraction of sp³-hybridized carbons (Fsp3) is 0.200. The van der Waals surface area contributed by atoms with Crippen LogP contribution in [0.5, 0.6) is 5.88 Å². The van der Waals surface area contributed by atoms with E-state index >= 15 is 0 Å². The van der Waals surface area contributed by atoms with Crippen molar-refractivity contribution in [3.05, 3.63) is 57.7 Å². The van der Waals surface area contributed by atoms with Crippen LogP contribution < -0.4 is 10.1 Å².